The molecular formula is C18H22N4O4S. The van der Waals surface area contributed by atoms with Crippen LogP contribution in [0.15, 0.2) is 29.4 Å². The van der Waals surface area contributed by atoms with Gasteiger partial charge in [0.1, 0.15) is 22.1 Å². The Bertz CT molecular complexity index is 846. The van der Waals surface area contributed by atoms with Crippen LogP contribution in [0.3, 0.4) is 0 Å². The summed E-state index contributed by atoms with van der Waals surface area (Å²) >= 11 is 1.49. The van der Waals surface area contributed by atoms with E-state index in [0.717, 1.165) is 22.8 Å². The van der Waals surface area contributed by atoms with Crippen molar-refractivity contribution < 1.29 is 19.1 Å². The van der Waals surface area contributed by atoms with Gasteiger partial charge in [-0.15, -0.1) is 16.9 Å². The molecule has 0 radical (unpaired) electrons. The summed E-state index contributed by atoms with van der Waals surface area (Å²) in [5, 5.41) is 13.3. The molecule has 2 aromatic rings. The van der Waals surface area contributed by atoms with Gasteiger partial charge in [0.15, 0.2) is 5.69 Å². The summed E-state index contributed by atoms with van der Waals surface area (Å²) in [6.45, 7) is 4.37. The summed E-state index contributed by atoms with van der Waals surface area (Å²) in [4.78, 5) is 17.7. The highest BCUT2D eigenvalue weighted by Crippen LogP contribution is 2.29. The second-order valence-electron chi connectivity index (χ2n) is 6.68. The molecule has 1 aliphatic heterocycles. The minimum atomic E-state index is -0.464. The van der Waals surface area contributed by atoms with E-state index in [2.05, 4.69) is 15.5 Å². The Hall–Kier alpha value is -2.55. The molecule has 0 spiro atoms. The van der Waals surface area contributed by atoms with Gasteiger partial charge >= 0.3 is 5.97 Å². The molecule has 144 valence electrons. The summed E-state index contributed by atoms with van der Waals surface area (Å²) in [5.74, 6) is 0.768. The average Bonchev–Trinajstić information content (AvgIpc) is 3.22. The van der Waals surface area contributed by atoms with Crippen molar-refractivity contribution in [1.29, 1.82) is 0 Å². The molecule has 0 fully saturated rings. The van der Waals surface area contributed by atoms with Gasteiger partial charge in [0.2, 0.25) is 0 Å². The summed E-state index contributed by atoms with van der Waals surface area (Å²) < 4.78 is 11.7. The van der Waals surface area contributed by atoms with Gasteiger partial charge in [-0.2, -0.15) is 0 Å². The van der Waals surface area contributed by atoms with Gasteiger partial charge in [-0.05, 0) is 31.5 Å². The molecule has 0 atom stereocenters. The Kier molecular flexibility index (Phi) is 5.69. The van der Waals surface area contributed by atoms with Crippen molar-refractivity contribution in [1.82, 2.24) is 15.0 Å². The van der Waals surface area contributed by atoms with Crippen molar-refractivity contribution in [2.24, 2.45) is 5.16 Å². The Labute approximate surface area is 161 Å². The smallest absolute Gasteiger partial charge is 0.358 e. The number of hydrogen-bond donors (Lipinski definition) is 0. The lowest BCUT2D eigenvalue weighted by atomic mass is 10.1. The van der Waals surface area contributed by atoms with Crippen LogP contribution >= 0.6 is 11.8 Å². The first kappa shape index (κ1) is 19.2. The van der Waals surface area contributed by atoms with E-state index < -0.39 is 5.97 Å². The van der Waals surface area contributed by atoms with Crippen molar-refractivity contribution >= 4 is 22.8 Å². The SMILES string of the molecule is COC(=O)c1c(CSC2=NOC(C)(C)C2)nnn1Cc1ccc(OC)cc1. The van der Waals surface area contributed by atoms with Crippen LogP contribution < -0.4 is 4.74 Å². The zero-order chi connectivity index (χ0) is 19.4. The van der Waals surface area contributed by atoms with Crippen molar-refractivity contribution in [3.63, 3.8) is 0 Å². The highest BCUT2D eigenvalue weighted by Gasteiger charge is 2.30. The third-order valence-electron chi connectivity index (χ3n) is 4.02. The van der Waals surface area contributed by atoms with Gasteiger partial charge in [0.05, 0.1) is 20.8 Å². The number of hydrogen-bond acceptors (Lipinski definition) is 8. The molecular weight excluding hydrogens is 368 g/mol. The number of rotatable bonds is 6. The lowest BCUT2D eigenvalue weighted by molar-refractivity contribution is 0.0123. The molecule has 3 rings (SSSR count). The summed E-state index contributed by atoms with van der Waals surface area (Å²) in [7, 11) is 2.97. The number of thioether (sulfide) groups is 1. The molecule has 1 aromatic heterocycles. The van der Waals surface area contributed by atoms with E-state index >= 15 is 0 Å². The van der Waals surface area contributed by atoms with Gasteiger partial charge in [0.25, 0.3) is 0 Å². The first-order valence-corrected chi connectivity index (χ1v) is 9.42. The molecule has 27 heavy (non-hydrogen) atoms. The first-order chi connectivity index (χ1) is 12.9. The zero-order valence-electron chi connectivity index (χ0n) is 15.8. The molecule has 0 unspecified atom stereocenters. The summed E-state index contributed by atoms with van der Waals surface area (Å²) in [5.41, 5.74) is 1.59. The number of carbonyl (C=O) groups is 1. The van der Waals surface area contributed by atoms with Crippen LogP contribution in [-0.4, -0.2) is 45.8 Å². The van der Waals surface area contributed by atoms with E-state index in [4.69, 9.17) is 14.3 Å². The lowest BCUT2D eigenvalue weighted by Crippen LogP contribution is -2.18. The normalized spacial score (nSPS) is 15.2. The molecule has 0 saturated carbocycles. The lowest BCUT2D eigenvalue weighted by Gasteiger charge is -2.12. The monoisotopic (exact) mass is 390 g/mol. The van der Waals surface area contributed by atoms with E-state index in [1.54, 1.807) is 11.8 Å². The van der Waals surface area contributed by atoms with Crippen LogP contribution in [0, 0.1) is 0 Å². The van der Waals surface area contributed by atoms with Gasteiger partial charge in [-0.25, -0.2) is 9.48 Å². The number of aromatic nitrogens is 3. The minimum absolute atomic E-state index is 0.292. The summed E-state index contributed by atoms with van der Waals surface area (Å²) in [6, 6.07) is 7.56. The van der Waals surface area contributed by atoms with Crippen LogP contribution in [0.1, 0.15) is 42.0 Å². The Balaban J connectivity index is 1.75. The van der Waals surface area contributed by atoms with Gasteiger partial charge in [-0.1, -0.05) is 22.5 Å². The molecule has 0 amide bonds. The predicted octanol–water partition coefficient (Wildman–Crippen LogP) is 2.87. The number of methoxy groups -OCH3 is 2. The number of nitrogens with zero attached hydrogens (tertiary/aromatic N) is 4. The van der Waals surface area contributed by atoms with E-state index in [1.165, 1.54) is 18.9 Å². The maximum atomic E-state index is 12.3. The quantitative estimate of drug-likeness (QED) is 0.701. The largest absolute Gasteiger partial charge is 0.497 e. The number of ether oxygens (including phenoxy) is 2. The fourth-order valence-electron chi connectivity index (χ4n) is 2.61. The second kappa shape index (κ2) is 7.99. The predicted molar refractivity (Wildman–Crippen MR) is 102 cm³/mol. The van der Waals surface area contributed by atoms with Crippen molar-refractivity contribution in [3.8, 4) is 5.75 Å². The van der Waals surface area contributed by atoms with Gasteiger partial charge in [-0.3, -0.25) is 0 Å². The van der Waals surface area contributed by atoms with Crippen molar-refractivity contribution in [3.05, 3.63) is 41.2 Å². The number of carbonyl (C=O) groups excluding carboxylic acids is 1. The topological polar surface area (TPSA) is 87.8 Å². The van der Waals surface area contributed by atoms with E-state index in [-0.39, 0.29) is 5.60 Å². The van der Waals surface area contributed by atoms with Crippen LogP contribution in [-0.2, 0) is 21.9 Å². The van der Waals surface area contributed by atoms with E-state index in [0.29, 0.717) is 23.7 Å². The third kappa shape index (κ3) is 4.60. The number of benzene rings is 1. The maximum absolute atomic E-state index is 12.3. The van der Waals surface area contributed by atoms with Crippen molar-refractivity contribution in [2.75, 3.05) is 14.2 Å². The van der Waals surface area contributed by atoms with Gasteiger partial charge in [0, 0.05) is 12.2 Å². The molecule has 0 bridgehead atoms. The van der Waals surface area contributed by atoms with Crippen LogP contribution in [0.25, 0.3) is 0 Å². The summed E-state index contributed by atoms with van der Waals surface area (Å²) in [6.07, 6.45) is 0.727. The second-order valence-corrected chi connectivity index (χ2v) is 7.73. The highest BCUT2D eigenvalue weighted by atomic mass is 32.2. The molecule has 9 heteroatoms. The Morgan fingerprint density at radius 3 is 2.63 bits per heavy atom. The fourth-order valence-corrected chi connectivity index (χ4v) is 3.65. The molecule has 0 saturated heterocycles. The minimum Gasteiger partial charge on any atom is -0.497 e. The number of oxime groups is 1. The van der Waals surface area contributed by atoms with E-state index in [9.17, 15) is 4.79 Å². The van der Waals surface area contributed by atoms with Crippen LogP contribution in [0.5, 0.6) is 5.75 Å². The first-order valence-electron chi connectivity index (χ1n) is 8.43. The zero-order valence-corrected chi connectivity index (χ0v) is 16.6. The number of esters is 1. The van der Waals surface area contributed by atoms with Crippen LogP contribution in [0.2, 0.25) is 0 Å². The van der Waals surface area contributed by atoms with Crippen LogP contribution in [0.4, 0.5) is 0 Å². The Morgan fingerprint density at radius 1 is 1.30 bits per heavy atom. The van der Waals surface area contributed by atoms with Gasteiger partial charge < -0.3 is 14.3 Å². The van der Waals surface area contributed by atoms with E-state index in [1.807, 2.05) is 38.1 Å². The third-order valence-corrected chi connectivity index (χ3v) is 4.99. The molecule has 1 aromatic carbocycles. The molecule has 2 heterocycles. The molecule has 0 N–H and O–H groups in total. The highest BCUT2D eigenvalue weighted by molar-refractivity contribution is 8.13. The standard InChI is InChI=1S/C18H22N4O4S/c1-18(2)9-15(20-26-18)27-11-14-16(17(23)25-4)22(21-19-14)10-12-5-7-13(24-3)8-6-12/h5-8H,9-11H2,1-4H3. The maximum Gasteiger partial charge on any atom is 0.358 e. The molecule has 1 aliphatic rings. The molecule has 8 nitrogen and oxygen atoms in total. The molecule has 0 aliphatic carbocycles. The van der Waals surface area contributed by atoms with Crippen molar-refractivity contribution in [2.45, 2.75) is 38.2 Å². The average molecular weight is 390 g/mol. The Morgan fingerprint density at radius 2 is 2.04 bits per heavy atom. The fraction of sp³-hybridized carbons (Fsp3) is 0.444.